The van der Waals surface area contributed by atoms with Gasteiger partial charge in [0.1, 0.15) is 11.8 Å². The number of hydrogen-bond acceptors (Lipinski definition) is 6. The molecule has 0 heterocycles. The van der Waals surface area contributed by atoms with Gasteiger partial charge in [-0.15, -0.1) is 0 Å². The summed E-state index contributed by atoms with van der Waals surface area (Å²) >= 11 is 0. The highest BCUT2D eigenvalue weighted by atomic mass is 32.2. The molecule has 29 heavy (non-hydrogen) atoms. The molecule has 2 aromatic rings. The Hall–Kier alpha value is -2.46. The molecule has 0 fully saturated rings. The summed E-state index contributed by atoms with van der Waals surface area (Å²) in [6.07, 6.45) is 0.0892. The van der Waals surface area contributed by atoms with Crippen LogP contribution in [-0.2, 0) is 19.6 Å². The topological polar surface area (TPSA) is 116 Å². The largest absolute Gasteiger partial charge is 0.508 e. The summed E-state index contributed by atoms with van der Waals surface area (Å²) in [6.45, 7) is 1.68. The highest BCUT2D eigenvalue weighted by Crippen LogP contribution is 2.27. The number of phenols is 1. The van der Waals surface area contributed by atoms with Crippen molar-refractivity contribution in [3.63, 3.8) is 0 Å². The van der Waals surface area contributed by atoms with Gasteiger partial charge in [0, 0.05) is 13.7 Å². The average Bonchev–Trinajstić information content (AvgIpc) is 2.73. The van der Waals surface area contributed by atoms with Crippen molar-refractivity contribution in [2.45, 2.75) is 36.8 Å². The van der Waals surface area contributed by atoms with Crippen LogP contribution in [0.1, 0.15) is 31.4 Å². The fourth-order valence-electron chi connectivity index (χ4n) is 3.05. The van der Waals surface area contributed by atoms with Gasteiger partial charge in [-0.3, -0.25) is 10.0 Å². The second kappa shape index (κ2) is 10.4. The Bertz CT molecular complexity index is 887. The highest BCUT2D eigenvalue weighted by molar-refractivity contribution is 7.89. The number of phenolic OH excluding ortho intramolecular Hbond substituents is 1. The summed E-state index contributed by atoms with van der Waals surface area (Å²) in [5.74, 6) is -0.898. The van der Waals surface area contributed by atoms with E-state index >= 15 is 0 Å². The predicted octanol–water partition coefficient (Wildman–Crippen LogP) is 2.44. The summed E-state index contributed by atoms with van der Waals surface area (Å²) in [5.41, 5.74) is 2.32. The maximum absolute atomic E-state index is 13.4. The number of hydrogen-bond donors (Lipinski definition) is 3. The summed E-state index contributed by atoms with van der Waals surface area (Å²) in [5, 5.41) is 18.7. The fraction of sp³-hybridized carbons (Fsp3) is 0.350. The molecule has 2 aromatic carbocycles. The van der Waals surface area contributed by atoms with Crippen LogP contribution < -0.4 is 5.48 Å². The fourth-order valence-corrected chi connectivity index (χ4v) is 4.67. The van der Waals surface area contributed by atoms with E-state index in [4.69, 9.17) is 4.74 Å². The van der Waals surface area contributed by atoms with Crippen molar-refractivity contribution in [3.05, 3.63) is 60.2 Å². The first kappa shape index (κ1) is 22.8. The molecule has 0 saturated heterocycles. The number of benzene rings is 2. The summed E-state index contributed by atoms with van der Waals surface area (Å²) in [6, 6.07) is 13.0. The zero-order valence-electron chi connectivity index (χ0n) is 16.4. The van der Waals surface area contributed by atoms with E-state index in [0.717, 1.165) is 9.87 Å². The van der Waals surface area contributed by atoms with E-state index in [1.807, 2.05) is 25.1 Å². The second-order valence-corrected chi connectivity index (χ2v) is 8.37. The van der Waals surface area contributed by atoms with Gasteiger partial charge in [0.15, 0.2) is 0 Å². The van der Waals surface area contributed by atoms with Crippen LogP contribution in [0, 0.1) is 0 Å². The Labute approximate surface area is 170 Å². The molecular formula is C20H26N2O6S. The minimum atomic E-state index is -4.14. The van der Waals surface area contributed by atoms with Crippen LogP contribution in [0.15, 0.2) is 59.5 Å². The van der Waals surface area contributed by atoms with Gasteiger partial charge in [-0.05, 0) is 36.2 Å². The maximum Gasteiger partial charge on any atom is 0.261 e. The molecule has 9 heteroatoms. The molecule has 0 aliphatic rings. The lowest BCUT2D eigenvalue weighted by Crippen LogP contribution is -2.50. The number of ether oxygens (including phenoxy) is 1. The van der Waals surface area contributed by atoms with Crippen LogP contribution in [0.3, 0.4) is 0 Å². The predicted molar refractivity (Wildman–Crippen MR) is 107 cm³/mol. The molecule has 1 amide bonds. The number of aromatic hydroxyl groups is 1. The number of nitrogens with one attached hydrogen (secondary N) is 1. The third kappa shape index (κ3) is 5.54. The molecule has 1 unspecified atom stereocenters. The average molecular weight is 423 g/mol. The molecule has 3 N–H and O–H groups in total. The van der Waals surface area contributed by atoms with Crippen molar-refractivity contribution in [1.29, 1.82) is 0 Å². The first-order valence-electron chi connectivity index (χ1n) is 9.17. The van der Waals surface area contributed by atoms with Crippen LogP contribution >= 0.6 is 0 Å². The standard InChI is InChI=1S/C20H26N2O6S/c1-3-7-18(20(24)21-25)22(14-19(28-2)15-8-5-4-6-9-15)29(26,27)17-12-10-16(23)11-13-17/h4-6,8-13,18-19,23,25H,3,7,14H2,1-2H3,(H,21,24)/t18-,19?/m1/s1. The minimum Gasteiger partial charge on any atom is -0.508 e. The van der Waals surface area contributed by atoms with Crippen molar-refractivity contribution in [2.24, 2.45) is 0 Å². The number of rotatable bonds is 10. The molecule has 0 saturated carbocycles. The smallest absolute Gasteiger partial charge is 0.261 e. The van der Waals surface area contributed by atoms with Gasteiger partial charge in [-0.1, -0.05) is 43.7 Å². The van der Waals surface area contributed by atoms with Gasteiger partial charge >= 0.3 is 0 Å². The van der Waals surface area contributed by atoms with E-state index < -0.39 is 28.1 Å². The van der Waals surface area contributed by atoms with E-state index in [9.17, 15) is 23.5 Å². The molecule has 2 rings (SSSR count). The van der Waals surface area contributed by atoms with E-state index in [0.29, 0.717) is 6.42 Å². The number of methoxy groups -OCH3 is 1. The van der Waals surface area contributed by atoms with Crippen LogP contribution in [0.5, 0.6) is 5.75 Å². The third-order valence-electron chi connectivity index (χ3n) is 4.57. The van der Waals surface area contributed by atoms with E-state index in [-0.39, 0.29) is 23.6 Å². The van der Waals surface area contributed by atoms with Crippen molar-refractivity contribution in [2.75, 3.05) is 13.7 Å². The third-order valence-corrected chi connectivity index (χ3v) is 6.46. The maximum atomic E-state index is 13.4. The number of sulfonamides is 1. The SMILES string of the molecule is CCC[C@H](C(=O)NO)N(CC(OC)c1ccccc1)S(=O)(=O)c1ccc(O)cc1. The molecule has 158 valence electrons. The molecule has 2 atom stereocenters. The summed E-state index contributed by atoms with van der Waals surface area (Å²) in [4.78, 5) is 12.3. The number of amides is 1. The van der Waals surface area contributed by atoms with Crippen molar-refractivity contribution < 1.29 is 28.3 Å². The van der Waals surface area contributed by atoms with Gasteiger partial charge < -0.3 is 9.84 Å². The number of carbonyl (C=O) groups excluding carboxylic acids is 1. The molecule has 0 bridgehead atoms. The van der Waals surface area contributed by atoms with Crippen molar-refractivity contribution >= 4 is 15.9 Å². The quantitative estimate of drug-likeness (QED) is 0.400. The number of hydroxylamine groups is 1. The first-order valence-corrected chi connectivity index (χ1v) is 10.6. The lowest BCUT2D eigenvalue weighted by molar-refractivity contribution is -0.133. The van der Waals surface area contributed by atoms with Crippen LogP contribution in [0.25, 0.3) is 0 Å². The van der Waals surface area contributed by atoms with Gasteiger partial charge in [-0.25, -0.2) is 13.9 Å². The normalized spacial score (nSPS) is 13.8. The van der Waals surface area contributed by atoms with E-state index in [2.05, 4.69) is 0 Å². The molecule has 0 radical (unpaired) electrons. The lowest BCUT2D eigenvalue weighted by Gasteiger charge is -2.32. The Morgan fingerprint density at radius 2 is 1.76 bits per heavy atom. The zero-order chi connectivity index (χ0) is 21.4. The number of carbonyl (C=O) groups is 1. The summed E-state index contributed by atoms with van der Waals surface area (Å²) < 4.78 is 33.3. The molecule has 0 spiro atoms. The molecule has 0 aliphatic carbocycles. The van der Waals surface area contributed by atoms with Crippen LogP contribution in [0.2, 0.25) is 0 Å². The Morgan fingerprint density at radius 1 is 1.14 bits per heavy atom. The van der Waals surface area contributed by atoms with Crippen LogP contribution in [-0.4, -0.2) is 48.6 Å². The van der Waals surface area contributed by atoms with Gasteiger partial charge in [0.05, 0.1) is 11.0 Å². The minimum absolute atomic E-state index is 0.0761. The second-order valence-electron chi connectivity index (χ2n) is 6.48. The van der Waals surface area contributed by atoms with Gasteiger partial charge in [0.25, 0.3) is 5.91 Å². The van der Waals surface area contributed by atoms with Crippen molar-refractivity contribution in [3.8, 4) is 5.75 Å². The first-order chi connectivity index (χ1) is 13.8. The lowest BCUT2D eigenvalue weighted by atomic mass is 10.1. The highest BCUT2D eigenvalue weighted by Gasteiger charge is 2.37. The Kier molecular flexibility index (Phi) is 8.15. The number of nitrogens with zero attached hydrogens (tertiary/aromatic N) is 1. The molecule has 0 aliphatic heterocycles. The van der Waals surface area contributed by atoms with E-state index in [1.165, 1.54) is 31.4 Å². The zero-order valence-corrected chi connectivity index (χ0v) is 17.2. The van der Waals surface area contributed by atoms with Gasteiger partial charge in [-0.2, -0.15) is 4.31 Å². The van der Waals surface area contributed by atoms with E-state index in [1.54, 1.807) is 17.6 Å². The molecule has 0 aromatic heterocycles. The van der Waals surface area contributed by atoms with Gasteiger partial charge in [0.2, 0.25) is 10.0 Å². The monoisotopic (exact) mass is 422 g/mol. The van der Waals surface area contributed by atoms with Crippen molar-refractivity contribution in [1.82, 2.24) is 9.79 Å². The summed E-state index contributed by atoms with van der Waals surface area (Å²) in [7, 11) is -2.67. The Balaban J connectivity index is 2.52. The molecule has 8 nitrogen and oxygen atoms in total. The van der Waals surface area contributed by atoms with Crippen LogP contribution in [0.4, 0.5) is 0 Å². The Morgan fingerprint density at radius 3 is 2.28 bits per heavy atom. The molecular weight excluding hydrogens is 396 g/mol.